The molecule has 0 bridgehead atoms. The second-order valence-corrected chi connectivity index (χ2v) is 7.84. The van der Waals surface area contributed by atoms with Crippen molar-refractivity contribution >= 4 is 29.1 Å². The molecule has 0 aliphatic heterocycles. The normalized spacial score (nSPS) is 19.3. The van der Waals surface area contributed by atoms with Gasteiger partial charge in [0.1, 0.15) is 10.1 Å². The molecule has 1 amide bonds. The van der Waals surface area contributed by atoms with Gasteiger partial charge in [-0.25, -0.2) is 0 Å². The third kappa shape index (κ3) is 5.00. The first-order valence-corrected chi connectivity index (χ1v) is 8.46. The lowest BCUT2D eigenvalue weighted by atomic mass is 10.1. The van der Waals surface area contributed by atoms with E-state index in [1.165, 1.54) is 0 Å². The maximum atomic E-state index is 12.2. The summed E-state index contributed by atoms with van der Waals surface area (Å²) in [7, 11) is 1.64. The number of hydrogen-bond donors (Lipinski definition) is 1. The van der Waals surface area contributed by atoms with E-state index in [0.717, 1.165) is 18.4 Å². The average molecular weight is 360 g/mol. The predicted molar refractivity (Wildman–Crippen MR) is 92.4 cm³/mol. The fraction of sp³-hybridized carbons (Fsp3) is 0.588. The molecular formula is C17H23Cl2NO3. The number of hydrogen-bond acceptors (Lipinski definition) is 3. The predicted octanol–water partition coefficient (Wildman–Crippen LogP) is 3.66. The quantitative estimate of drug-likeness (QED) is 0.569. The number of ether oxygens (including phenoxy) is 2. The van der Waals surface area contributed by atoms with Crippen LogP contribution in [0, 0.1) is 0 Å². The highest BCUT2D eigenvalue weighted by Crippen LogP contribution is 2.59. The van der Waals surface area contributed by atoms with E-state index in [1.807, 2.05) is 24.3 Å². The number of benzene rings is 1. The number of carbonyl (C=O) groups is 1. The van der Waals surface area contributed by atoms with Crippen LogP contribution in [0.4, 0.5) is 0 Å². The first-order chi connectivity index (χ1) is 10.8. The third-order valence-corrected chi connectivity index (χ3v) is 4.67. The van der Waals surface area contributed by atoms with Crippen LogP contribution in [-0.2, 0) is 9.53 Å². The third-order valence-electron chi connectivity index (χ3n) is 3.84. The molecule has 23 heavy (non-hydrogen) atoms. The number of amides is 1. The van der Waals surface area contributed by atoms with E-state index in [-0.39, 0.29) is 11.8 Å². The van der Waals surface area contributed by atoms with E-state index in [4.69, 9.17) is 32.7 Å². The van der Waals surface area contributed by atoms with E-state index < -0.39 is 9.93 Å². The van der Waals surface area contributed by atoms with Gasteiger partial charge in [0.15, 0.2) is 5.60 Å². The molecular weight excluding hydrogens is 337 g/mol. The molecule has 0 unspecified atom stereocenters. The summed E-state index contributed by atoms with van der Waals surface area (Å²) in [5.74, 6) is 0.665. The van der Waals surface area contributed by atoms with Crippen LogP contribution >= 0.6 is 23.2 Å². The minimum Gasteiger partial charge on any atom is -0.478 e. The Morgan fingerprint density at radius 3 is 2.48 bits per heavy atom. The first kappa shape index (κ1) is 18.4. The molecule has 2 rings (SSSR count). The number of carbonyl (C=O) groups excluding carboxylic acids is 1. The minimum absolute atomic E-state index is 0.152. The van der Waals surface area contributed by atoms with Crippen molar-refractivity contribution in [2.24, 2.45) is 0 Å². The van der Waals surface area contributed by atoms with Crippen molar-refractivity contribution in [3.63, 3.8) is 0 Å². The van der Waals surface area contributed by atoms with Crippen molar-refractivity contribution in [3.05, 3.63) is 29.8 Å². The Kier molecular flexibility index (Phi) is 5.82. The standard InChI is InChI=1S/C17H23Cl2NO3/c1-16(2,15(21)20-9-4-10-22-3)23-13-7-5-12(6-8-13)14-11-17(14,18)19/h5-8,14H,4,9-11H2,1-3H3,(H,20,21)/t14-/m0/s1. The van der Waals surface area contributed by atoms with Crippen molar-refractivity contribution < 1.29 is 14.3 Å². The lowest BCUT2D eigenvalue weighted by Gasteiger charge is -2.25. The summed E-state index contributed by atoms with van der Waals surface area (Å²) in [5.41, 5.74) is 0.140. The summed E-state index contributed by atoms with van der Waals surface area (Å²) < 4.78 is 10.1. The van der Waals surface area contributed by atoms with Gasteiger partial charge in [-0.1, -0.05) is 12.1 Å². The maximum absolute atomic E-state index is 12.2. The number of halogens is 2. The van der Waals surface area contributed by atoms with Gasteiger partial charge in [0.2, 0.25) is 0 Å². The van der Waals surface area contributed by atoms with Crippen LogP contribution in [0.15, 0.2) is 24.3 Å². The van der Waals surface area contributed by atoms with Crippen LogP contribution in [0.1, 0.15) is 38.2 Å². The highest BCUT2D eigenvalue weighted by molar-refractivity contribution is 6.51. The van der Waals surface area contributed by atoms with Crippen LogP contribution in [0.3, 0.4) is 0 Å². The summed E-state index contributed by atoms with van der Waals surface area (Å²) in [6.45, 7) is 4.67. The Morgan fingerprint density at radius 2 is 1.96 bits per heavy atom. The second kappa shape index (κ2) is 7.29. The van der Waals surface area contributed by atoms with E-state index in [1.54, 1.807) is 21.0 Å². The number of alkyl halides is 2. The molecule has 1 fully saturated rings. The van der Waals surface area contributed by atoms with Crippen LogP contribution in [0.5, 0.6) is 5.75 Å². The Labute approximate surface area is 147 Å². The van der Waals surface area contributed by atoms with E-state index in [0.29, 0.717) is 18.9 Å². The Morgan fingerprint density at radius 1 is 1.35 bits per heavy atom. The van der Waals surface area contributed by atoms with Crippen molar-refractivity contribution in [2.45, 2.75) is 42.5 Å². The van der Waals surface area contributed by atoms with Crippen molar-refractivity contribution in [2.75, 3.05) is 20.3 Å². The van der Waals surface area contributed by atoms with Crippen LogP contribution in [-0.4, -0.2) is 36.1 Å². The van der Waals surface area contributed by atoms with Crippen molar-refractivity contribution in [1.82, 2.24) is 5.32 Å². The molecule has 128 valence electrons. The Balaban J connectivity index is 1.88. The Hall–Kier alpha value is -0.970. The fourth-order valence-corrected chi connectivity index (χ4v) is 2.88. The van der Waals surface area contributed by atoms with Crippen molar-refractivity contribution in [1.29, 1.82) is 0 Å². The van der Waals surface area contributed by atoms with Crippen molar-refractivity contribution in [3.8, 4) is 5.75 Å². The van der Waals surface area contributed by atoms with Gasteiger partial charge in [-0.05, 0) is 44.4 Å². The molecule has 0 saturated heterocycles. The number of methoxy groups -OCH3 is 1. The van der Waals surface area contributed by atoms with E-state index in [2.05, 4.69) is 5.32 Å². The summed E-state index contributed by atoms with van der Waals surface area (Å²) in [6.07, 6.45) is 1.54. The molecule has 1 aliphatic carbocycles. The fourth-order valence-electron chi connectivity index (χ4n) is 2.32. The molecule has 1 aromatic rings. The molecule has 1 aliphatic rings. The molecule has 0 heterocycles. The Bertz CT molecular complexity index is 543. The van der Waals surface area contributed by atoms with Crippen LogP contribution in [0.25, 0.3) is 0 Å². The largest absolute Gasteiger partial charge is 0.478 e. The summed E-state index contributed by atoms with van der Waals surface area (Å²) in [5, 5.41) is 2.85. The van der Waals surface area contributed by atoms with Gasteiger partial charge >= 0.3 is 0 Å². The molecule has 1 aromatic carbocycles. The van der Waals surface area contributed by atoms with Crippen LogP contribution < -0.4 is 10.1 Å². The number of nitrogens with one attached hydrogen (secondary N) is 1. The molecule has 1 atom stereocenters. The van der Waals surface area contributed by atoms with E-state index >= 15 is 0 Å². The molecule has 1 N–H and O–H groups in total. The van der Waals surface area contributed by atoms with Gasteiger partial charge < -0.3 is 14.8 Å². The topological polar surface area (TPSA) is 47.6 Å². The molecule has 1 saturated carbocycles. The van der Waals surface area contributed by atoms with Gasteiger partial charge in [0, 0.05) is 26.2 Å². The zero-order chi connectivity index (χ0) is 17.1. The molecule has 4 nitrogen and oxygen atoms in total. The number of rotatable bonds is 8. The smallest absolute Gasteiger partial charge is 0.263 e. The van der Waals surface area contributed by atoms with Gasteiger partial charge in [-0.15, -0.1) is 23.2 Å². The maximum Gasteiger partial charge on any atom is 0.263 e. The molecule has 0 radical (unpaired) electrons. The monoisotopic (exact) mass is 359 g/mol. The van der Waals surface area contributed by atoms with Crippen LogP contribution in [0.2, 0.25) is 0 Å². The average Bonchev–Trinajstić information content (AvgIpc) is 3.12. The van der Waals surface area contributed by atoms with Gasteiger partial charge in [0.05, 0.1) is 0 Å². The minimum atomic E-state index is -0.948. The summed E-state index contributed by atoms with van der Waals surface area (Å²) in [6, 6.07) is 7.58. The van der Waals surface area contributed by atoms with Gasteiger partial charge in [-0.3, -0.25) is 4.79 Å². The molecule has 6 heteroatoms. The summed E-state index contributed by atoms with van der Waals surface area (Å²) in [4.78, 5) is 12.2. The second-order valence-electron chi connectivity index (χ2n) is 6.30. The lowest BCUT2D eigenvalue weighted by Crippen LogP contribution is -2.46. The lowest BCUT2D eigenvalue weighted by molar-refractivity contribution is -0.134. The zero-order valence-electron chi connectivity index (χ0n) is 13.7. The van der Waals surface area contributed by atoms with Gasteiger partial charge in [0.25, 0.3) is 5.91 Å². The van der Waals surface area contributed by atoms with E-state index in [9.17, 15) is 4.79 Å². The first-order valence-electron chi connectivity index (χ1n) is 7.70. The van der Waals surface area contributed by atoms with Gasteiger partial charge in [-0.2, -0.15) is 0 Å². The summed E-state index contributed by atoms with van der Waals surface area (Å²) >= 11 is 12.1. The molecule has 0 aromatic heterocycles. The highest BCUT2D eigenvalue weighted by atomic mass is 35.5. The SMILES string of the molecule is COCCCNC(=O)C(C)(C)Oc1ccc([C@@H]2CC2(Cl)Cl)cc1. The zero-order valence-corrected chi connectivity index (χ0v) is 15.2. The molecule has 0 spiro atoms. The highest BCUT2D eigenvalue weighted by Gasteiger charge is 2.52.